The van der Waals surface area contributed by atoms with E-state index in [1.54, 1.807) is 0 Å². The van der Waals surface area contributed by atoms with Crippen LogP contribution in [0.5, 0.6) is 0 Å². The normalized spacial score (nSPS) is 3.00. The smallest absolute Gasteiger partial charge is 0 e. The third-order valence-electron chi connectivity index (χ3n) is 0. The van der Waals surface area contributed by atoms with E-state index in [1.807, 2.05) is 20.3 Å². The Morgan fingerprint density at radius 3 is 1.00 bits per heavy atom. The van der Waals surface area contributed by atoms with Crippen LogP contribution in [0.3, 0.4) is 0 Å². The summed E-state index contributed by atoms with van der Waals surface area (Å²) < 4.78 is 0. The molecule has 0 radical (unpaired) electrons. The zero-order chi connectivity index (χ0) is 2.71. The first kappa shape index (κ1) is 26.0. The Morgan fingerprint density at radius 2 is 1.00 bits per heavy atom. The molecule has 0 fully saturated rings. The molecule has 0 unspecified atom stereocenters. The predicted octanol–water partition coefficient (Wildman–Crippen LogP) is -4.76. The molecular weight excluding hydrogens is 285 g/mol. The molecule has 0 nitrogen and oxygen atoms in total. The second kappa shape index (κ2) is 31.9. The van der Waals surface area contributed by atoms with Gasteiger partial charge in [0.15, 0.2) is 0 Å². The van der Waals surface area contributed by atoms with Gasteiger partial charge in [-0.25, -0.2) is 0 Å². The van der Waals surface area contributed by atoms with Gasteiger partial charge in [-0.15, -0.1) is 0 Å². The molecule has 0 saturated heterocycles. The molecule has 0 aliphatic rings. The van der Waals surface area contributed by atoms with Crippen LogP contribution in [0.4, 0.5) is 0 Å². The number of rotatable bonds is 0. The fraction of sp³-hybridized carbons (Fsp3) is 0.667. The first-order valence-corrected chi connectivity index (χ1v) is 1.15. The van der Waals surface area contributed by atoms with Crippen LogP contribution in [0, 0.1) is 6.42 Å². The second-order valence-corrected chi connectivity index (χ2v) is 0.577. The zero-order valence-electron chi connectivity index (χ0n) is 3.83. The molecule has 0 bridgehead atoms. The maximum atomic E-state index is 2.00. The standard InChI is InChI=1S/C3H7.2ClH.Hf/c1-3-2;;;/h3H,1-2H3;2*1H;/q-1;;;/p-2. The van der Waals surface area contributed by atoms with Crippen molar-refractivity contribution in [3.05, 3.63) is 6.42 Å². The maximum absolute atomic E-state index is 2.00. The summed E-state index contributed by atoms with van der Waals surface area (Å²) in [5.41, 5.74) is 0. The van der Waals surface area contributed by atoms with E-state index in [9.17, 15) is 0 Å². The molecule has 6 heavy (non-hydrogen) atoms. The van der Waals surface area contributed by atoms with Crippen molar-refractivity contribution in [2.45, 2.75) is 13.8 Å². The van der Waals surface area contributed by atoms with E-state index in [2.05, 4.69) is 0 Å². The van der Waals surface area contributed by atoms with Crippen molar-refractivity contribution >= 4 is 0 Å². The molecule has 0 aromatic heterocycles. The topological polar surface area (TPSA) is 0 Å². The minimum atomic E-state index is 0. The summed E-state index contributed by atoms with van der Waals surface area (Å²) in [7, 11) is 0. The van der Waals surface area contributed by atoms with E-state index in [-0.39, 0.29) is 50.7 Å². The number of hydrogen-bond acceptors (Lipinski definition) is 0. The van der Waals surface area contributed by atoms with E-state index in [0.29, 0.717) is 0 Å². The molecule has 3 heteroatoms. The Balaban J connectivity index is -0.00000000667. The molecule has 0 amide bonds. The van der Waals surface area contributed by atoms with Gasteiger partial charge in [-0.05, 0) is 0 Å². The number of hydrogen-bond donors (Lipinski definition) is 0. The van der Waals surface area contributed by atoms with Crippen molar-refractivity contribution in [3.63, 3.8) is 0 Å². The first-order valence-electron chi connectivity index (χ1n) is 1.15. The van der Waals surface area contributed by atoms with Gasteiger partial charge in [-0.2, -0.15) is 13.8 Å². The minimum absolute atomic E-state index is 0. The summed E-state index contributed by atoms with van der Waals surface area (Å²) in [6, 6.07) is 0. The van der Waals surface area contributed by atoms with Gasteiger partial charge < -0.3 is 31.2 Å². The van der Waals surface area contributed by atoms with Gasteiger partial charge in [0.05, 0.1) is 0 Å². The number of halogens is 2. The van der Waals surface area contributed by atoms with Crippen molar-refractivity contribution in [3.8, 4) is 0 Å². The fourth-order valence-electron chi connectivity index (χ4n) is 0. The molecule has 0 aromatic rings. The van der Waals surface area contributed by atoms with Crippen molar-refractivity contribution in [1.29, 1.82) is 0 Å². The van der Waals surface area contributed by atoms with Crippen LogP contribution in [0.2, 0.25) is 0 Å². The van der Waals surface area contributed by atoms with E-state index in [0.717, 1.165) is 0 Å². The molecule has 0 aliphatic heterocycles. The zero-order valence-corrected chi connectivity index (χ0v) is 8.94. The summed E-state index contributed by atoms with van der Waals surface area (Å²) in [6.07, 6.45) is 2.00. The quantitative estimate of drug-likeness (QED) is 0.311. The van der Waals surface area contributed by atoms with Gasteiger partial charge in [-0.3, -0.25) is 0 Å². The average Bonchev–Trinajstić information content (AvgIpc) is 0.918. The van der Waals surface area contributed by atoms with Crippen LogP contribution in [-0.2, 0) is 25.8 Å². The summed E-state index contributed by atoms with van der Waals surface area (Å²) in [6.45, 7) is 4.00. The van der Waals surface area contributed by atoms with Gasteiger partial charge >= 0.3 is 0 Å². The van der Waals surface area contributed by atoms with Crippen molar-refractivity contribution in [1.82, 2.24) is 0 Å². The van der Waals surface area contributed by atoms with Gasteiger partial charge in [0.25, 0.3) is 0 Å². The van der Waals surface area contributed by atoms with E-state index >= 15 is 0 Å². The van der Waals surface area contributed by atoms with Gasteiger partial charge in [0.1, 0.15) is 0 Å². The summed E-state index contributed by atoms with van der Waals surface area (Å²) >= 11 is 0. The molecular formula is C3H7Cl2Hf-3. The van der Waals surface area contributed by atoms with E-state index in [4.69, 9.17) is 0 Å². The molecule has 0 N–H and O–H groups in total. The first-order chi connectivity index (χ1) is 1.41. The van der Waals surface area contributed by atoms with Crippen molar-refractivity contribution in [2.75, 3.05) is 0 Å². The summed E-state index contributed by atoms with van der Waals surface area (Å²) in [5, 5.41) is 0. The average molecular weight is 292 g/mol. The molecule has 0 spiro atoms. The largest absolute Gasteiger partial charge is 1.00 e. The van der Waals surface area contributed by atoms with E-state index in [1.165, 1.54) is 0 Å². The van der Waals surface area contributed by atoms with Crippen LogP contribution in [0.25, 0.3) is 0 Å². The van der Waals surface area contributed by atoms with Crippen LogP contribution in [-0.4, -0.2) is 0 Å². The Morgan fingerprint density at radius 1 is 1.00 bits per heavy atom. The Labute approximate surface area is 70.7 Å². The minimum Gasteiger partial charge on any atom is -1.00 e. The van der Waals surface area contributed by atoms with Crippen LogP contribution < -0.4 is 24.8 Å². The molecule has 0 atom stereocenters. The summed E-state index contributed by atoms with van der Waals surface area (Å²) in [4.78, 5) is 0. The fourth-order valence-corrected chi connectivity index (χ4v) is 0. The molecule has 0 rings (SSSR count). The van der Waals surface area contributed by atoms with Crippen LogP contribution >= 0.6 is 0 Å². The van der Waals surface area contributed by atoms with Gasteiger partial charge in [0.2, 0.25) is 0 Å². The third-order valence-corrected chi connectivity index (χ3v) is 0. The van der Waals surface area contributed by atoms with Crippen molar-refractivity contribution < 1.29 is 50.7 Å². The maximum Gasteiger partial charge on any atom is 0 e. The molecule has 0 aromatic carbocycles. The van der Waals surface area contributed by atoms with Crippen LogP contribution in [0.1, 0.15) is 13.8 Å². The van der Waals surface area contributed by atoms with E-state index < -0.39 is 0 Å². The Bertz CT molecular complexity index is 8.75. The molecule has 0 aliphatic carbocycles. The summed E-state index contributed by atoms with van der Waals surface area (Å²) in [5.74, 6) is 0. The predicted molar refractivity (Wildman–Crippen MR) is 15.6 cm³/mol. The SMILES string of the molecule is C[CH-]C.[Cl-].[Cl-].[Hf]. The molecule has 0 saturated carbocycles. The third kappa shape index (κ3) is 51.3. The van der Waals surface area contributed by atoms with Gasteiger partial charge in [-0.1, -0.05) is 0 Å². The monoisotopic (exact) mass is 293 g/mol. The molecule has 40 valence electrons. The Hall–Kier alpha value is 1.45. The Kier molecular flexibility index (Phi) is 139. The van der Waals surface area contributed by atoms with Crippen LogP contribution in [0.15, 0.2) is 0 Å². The van der Waals surface area contributed by atoms with Crippen molar-refractivity contribution in [2.24, 2.45) is 0 Å². The molecule has 0 heterocycles. The second-order valence-electron chi connectivity index (χ2n) is 0.577. The van der Waals surface area contributed by atoms with Gasteiger partial charge in [0, 0.05) is 25.8 Å².